The molecule has 1 aliphatic rings. The van der Waals surface area contributed by atoms with Crippen LogP contribution in [-0.2, 0) is 6.42 Å². The van der Waals surface area contributed by atoms with E-state index in [1.807, 2.05) is 18.2 Å². The molecular formula is C17H27NO2. The summed E-state index contributed by atoms with van der Waals surface area (Å²) in [6.07, 6.45) is 4.53. The van der Waals surface area contributed by atoms with Crippen molar-refractivity contribution >= 4 is 0 Å². The summed E-state index contributed by atoms with van der Waals surface area (Å²) in [5, 5.41) is 13.3. The third-order valence-electron chi connectivity index (χ3n) is 3.83. The number of aryl methyl sites for hydroxylation is 1. The summed E-state index contributed by atoms with van der Waals surface area (Å²) in [6, 6.07) is 8.55. The third-order valence-corrected chi connectivity index (χ3v) is 3.83. The van der Waals surface area contributed by atoms with Crippen LogP contribution in [0.15, 0.2) is 24.3 Å². The van der Waals surface area contributed by atoms with Crippen molar-refractivity contribution < 1.29 is 9.84 Å². The van der Waals surface area contributed by atoms with E-state index in [0.717, 1.165) is 18.1 Å². The first kappa shape index (κ1) is 15.3. The lowest BCUT2D eigenvalue weighted by atomic mass is 10.1. The highest BCUT2D eigenvalue weighted by atomic mass is 16.5. The van der Waals surface area contributed by atoms with Gasteiger partial charge in [0.15, 0.2) is 0 Å². The van der Waals surface area contributed by atoms with Gasteiger partial charge in [0, 0.05) is 12.6 Å². The quantitative estimate of drug-likeness (QED) is 0.729. The molecular weight excluding hydrogens is 250 g/mol. The SMILES string of the molecule is CCc1cccc(OCC(O)CNC(C)CC2CC2)c1. The molecule has 0 heterocycles. The van der Waals surface area contributed by atoms with E-state index >= 15 is 0 Å². The number of hydrogen-bond donors (Lipinski definition) is 2. The number of benzene rings is 1. The first-order valence-corrected chi connectivity index (χ1v) is 7.80. The van der Waals surface area contributed by atoms with Crippen LogP contribution in [0.4, 0.5) is 0 Å². The van der Waals surface area contributed by atoms with E-state index in [4.69, 9.17) is 4.74 Å². The Morgan fingerprint density at radius 2 is 2.20 bits per heavy atom. The lowest BCUT2D eigenvalue weighted by molar-refractivity contribution is 0.103. The van der Waals surface area contributed by atoms with Crippen molar-refractivity contribution in [2.75, 3.05) is 13.2 Å². The number of nitrogens with one attached hydrogen (secondary N) is 1. The van der Waals surface area contributed by atoms with Crippen LogP contribution in [0, 0.1) is 5.92 Å². The van der Waals surface area contributed by atoms with Gasteiger partial charge in [-0.2, -0.15) is 0 Å². The Kier molecular flexibility index (Phi) is 5.86. The van der Waals surface area contributed by atoms with Crippen molar-refractivity contribution in [3.8, 4) is 5.75 Å². The second-order valence-corrected chi connectivity index (χ2v) is 5.95. The predicted octanol–water partition coefficient (Wildman–Crippen LogP) is 2.77. The fraction of sp³-hybridized carbons (Fsp3) is 0.647. The Labute approximate surface area is 122 Å². The highest BCUT2D eigenvalue weighted by molar-refractivity contribution is 5.28. The van der Waals surface area contributed by atoms with Gasteiger partial charge in [-0.05, 0) is 43.4 Å². The highest BCUT2D eigenvalue weighted by Crippen LogP contribution is 2.33. The summed E-state index contributed by atoms with van der Waals surface area (Å²) in [5.41, 5.74) is 1.26. The molecule has 1 aliphatic carbocycles. The zero-order valence-electron chi connectivity index (χ0n) is 12.6. The van der Waals surface area contributed by atoms with E-state index in [1.165, 1.54) is 24.8 Å². The van der Waals surface area contributed by atoms with Gasteiger partial charge in [-0.1, -0.05) is 31.9 Å². The highest BCUT2D eigenvalue weighted by Gasteiger charge is 2.23. The molecule has 0 radical (unpaired) electrons. The van der Waals surface area contributed by atoms with E-state index in [9.17, 15) is 5.11 Å². The van der Waals surface area contributed by atoms with Crippen LogP contribution in [0.3, 0.4) is 0 Å². The molecule has 1 fully saturated rings. The van der Waals surface area contributed by atoms with Crippen LogP contribution in [0.2, 0.25) is 0 Å². The normalized spacial score (nSPS) is 17.8. The van der Waals surface area contributed by atoms with Gasteiger partial charge in [0.25, 0.3) is 0 Å². The standard InChI is InChI=1S/C17H27NO2/c1-3-14-5-4-6-17(10-14)20-12-16(19)11-18-13(2)9-15-7-8-15/h4-6,10,13,15-16,18-19H,3,7-9,11-12H2,1-2H3. The number of aliphatic hydroxyl groups excluding tert-OH is 1. The Bertz CT molecular complexity index is 404. The summed E-state index contributed by atoms with van der Waals surface area (Å²) in [7, 11) is 0. The minimum atomic E-state index is -0.457. The minimum absolute atomic E-state index is 0.344. The maximum Gasteiger partial charge on any atom is 0.119 e. The molecule has 0 aromatic heterocycles. The average molecular weight is 277 g/mol. The molecule has 0 bridgehead atoms. The maximum absolute atomic E-state index is 9.95. The summed E-state index contributed by atoms with van der Waals surface area (Å²) < 4.78 is 5.65. The lowest BCUT2D eigenvalue weighted by Crippen LogP contribution is -2.36. The van der Waals surface area contributed by atoms with Crippen LogP contribution >= 0.6 is 0 Å². The molecule has 112 valence electrons. The molecule has 2 rings (SSSR count). The molecule has 0 aliphatic heterocycles. The maximum atomic E-state index is 9.95. The van der Waals surface area contributed by atoms with Gasteiger partial charge in [-0.25, -0.2) is 0 Å². The van der Waals surface area contributed by atoms with E-state index in [-0.39, 0.29) is 0 Å². The van der Waals surface area contributed by atoms with Crippen molar-refractivity contribution in [1.82, 2.24) is 5.32 Å². The zero-order valence-corrected chi connectivity index (χ0v) is 12.6. The Morgan fingerprint density at radius 1 is 1.40 bits per heavy atom. The van der Waals surface area contributed by atoms with Crippen LogP contribution < -0.4 is 10.1 Å². The monoisotopic (exact) mass is 277 g/mol. The van der Waals surface area contributed by atoms with Gasteiger partial charge in [0.2, 0.25) is 0 Å². The second-order valence-electron chi connectivity index (χ2n) is 5.95. The minimum Gasteiger partial charge on any atom is -0.491 e. The molecule has 1 aromatic rings. The van der Waals surface area contributed by atoms with Crippen molar-refractivity contribution in [2.24, 2.45) is 5.92 Å². The predicted molar refractivity (Wildman–Crippen MR) is 82.1 cm³/mol. The second kappa shape index (κ2) is 7.65. The Hall–Kier alpha value is -1.06. The molecule has 2 unspecified atom stereocenters. The average Bonchev–Trinajstić information content (AvgIpc) is 3.27. The van der Waals surface area contributed by atoms with Crippen LogP contribution in [-0.4, -0.2) is 30.4 Å². The Balaban J connectivity index is 1.64. The van der Waals surface area contributed by atoms with Crippen molar-refractivity contribution in [2.45, 2.75) is 51.7 Å². The fourth-order valence-corrected chi connectivity index (χ4v) is 2.38. The summed E-state index contributed by atoms with van der Waals surface area (Å²) in [4.78, 5) is 0. The molecule has 0 spiro atoms. The van der Waals surface area contributed by atoms with E-state index < -0.39 is 6.10 Å². The summed E-state index contributed by atoms with van der Waals surface area (Å²) >= 11 is 0. The molecule has 1 aromatic carbocycles. The fourth-order valence-electron chi connectivity index (χ4n) is 2.38. The first-order valence-electron chi connectivity index (χ1n) is 7.80. The van der Waals surface area contributed by atoms with Gasteiger partial charge >= 0.3 is 0 Å². The van der Waals surface area contributed by atoms with Crippen LogP contribution in [0.5, 0.6) is 5.75 Å². The van der Waals surface area contributed by atoms with Crippen LogP contribution in [0.25, 0.3) is 0 Å². The van der Waals surface area contributed by atoms with Crippen molar-refractivity contribution in [1.29, 1.82) is 0 Å². The number of aliphatic hydroxyl groups is 1. The van der Waals surface area contributed by atoms with Gasteiger partial charge in [-0.3, -0.25) is 0 Å². The van der Waals surface area contributed by atoms with E-state index in [2.05, 4.69) is 25.2 Å². The molecule has 2 atom stereocenters. The third kappa shape index (κ3) is 5.51. The first-order chi connectivity index (χ1) is 9.67. The number of ether oxygens (including phenoxy) is 1. The molecule has 0 saturated heterocycles. The van der Waals surface area contributed by atoms with Gasteiger partial charge < -0.3 is 15.2 Å². The zero-order chi connectivity index (χ0) is 14.4. The van der Waals surface area contributed by atoms with Crippen molar-refractivity contribution in [3.05, 3.63) is 29.8 Å². The van der Waals surface area contributed by atoms with Gasteiger partial charge in [-0.15, -0.1) is 0 Å². The summed E-state index contributed by atoms with van der Waals surface area (Å²) in [6.45, 7) is 5.26. The van der Waals surface area contributed by atoms with Gasteiger partial charge in [0.1, 0.15) is 18.5 Å². The molecule has 2 N–H and O–H groups in total. The molecule has 1 saturated carbocycles. The van der Waals surface area contributed by atoms with E-state index in [0.29, 0.717) is 19.2 Å². The number of rotatable bonds is 9. The lowest BCUT2D eigenvalue weighted by Gasteiger charge is -2.17. The number of hydrogen-bond acceptors (Lipinski definition) is 3. The molecule has 0 amide bonds. The van der Waals surface area contributed by atoms with Crippen molar-refractivity contribution in [3.63, 3.8) is 0 Å². The molecule has 3 heteroatoms. The van der Waals surface area contributed by atoms with Gasteiger partial charge in [0.05, 0.1) is 0 Å². The van der Waals surface area contributed by atoms with Crippen LogP contribution in [0.1, 0.15) is 38.7 Å². The largest absolute Gasteiger partial charge is 0.491 e. The molecule has 3 nitrogen and oxygen atoms in total. The topological polar surface area (TPSA) is 41.5 Å². The smallest absolute Gasteiger partial charge is 0.119 e. The molecule has 20 heavy (non-hydrogen) atoms. The Morgan fingerprint density at radius 3 is 2.90 bits per heavy atom. The summed E-state index contributed by atoms with van der Waals surface area (Å²) in [5.74, 6) is 1.76. The van der Waals surface area contributed by atoms with E-state index in [1.54, 1.807) is 0 Å².